The van der Waals surface area contributed by atoms with Crippen LogP contribution in [-0.4, -0.2) is 23.1 Å². The number of hydrogen-bond donors (Lipinski definition) is 0. The summed E-state index contributed by atoms with van der Waals surface area (Å²) in [6.45, 7) is 2.08. The average Bonchev–Trinajstić information content (AvgIpc) is 2.69. The summed E-state index contributed by atoms with van der Waals surface area (Å²) in [5.41, 5.74) is 1.94. The molecule has 2 rings (SSSR count). The minimum Gasteiger partial charge on any atom is -0.539 e. The number of benzene rings is 1. The minimum absolute atomic E-state index is 0.149. The molecule has 19 heavy (non-hydrogen) atoms. The smallest absolute Gasteiger partial charge is 0.254 e. The molecule has 0 unspecified atom stereocenters. The van der Waals surface area contributed by atoms with Gasteiger partial charge in [-0.05, 0) is 19.1 Å². The van der Waals surface area contributed by atoms with Crippen LogP contribution in [0, 0.1) is 6.92 Å². The fourth-order valence-electron chi connectivity index (χ4n) is 1.79. The predicted molar refractivity (Wildman–Crippen MR) is 64.1 cm³/mol. The first-order valence-corrected chi connectivity index (χ1v) is 5.83. The van der Waals surface area contributed by atoms with E-state index < -0.39 is 5.95 Å². The molecule has 0 fully saturated rings. The molecule has 0 spiro atoms. The molecule has 0 atom stereocenters. The first-order valence-electron chi connectivity index (χ1n) is 5.83. The first kappa shape index (κ1) is 13.1. The second kappa shape index (κ2) is 5.09. The first-order chi connectivity index (χ1) is 8.99. The summed E-state index contributed by atoms with van der Waals surface area (Å²) in [4.78, 5) is 13.7. The van der Waals surface area contributed by atoms with Gasteiger partial charge >= 0.3 is 0 Å². The lowest BCUT2D eigenvalue weighted by Crippen LogP contribution is -2.38. The second-order valence-electron chi connectivity index (χ2n) is 4.46. The summed E-state index contributed by atoms with van der Waals surface area (Å²) < 4.78 is 5.86. The van der Waals surface area contributed by atoms with Crippen LogP contribution in [0.1, 0.15) is 21.6 Å². The molecule has 1 aromatic heterocycles. The van der Waals surface area contributed by atoms with Gasteiger partial charge in [-0.1, -0.05) is 22.4 Å². The maximum absolute atomic E-state index is 12.2. The molecule has 0 aliphatic rings. The van der Waals surface area contributed by atoms with Gasteiger partial charge in [-0.2, -0.15) is 0 Å². The van der Waals surface area contributed by atoms with E-state index in [2.05, 4.69) is 9.79 Å². The predicted octanol–water partition coefficient (Wildman–Crippen LogP) is 0.153. The highest BCUT2D eigenvalue weighted by Crippen LogP contribution is 2.12. The van der Waals surface area contributed by atoms with Crippen LogP contribution in [0.2, 0.25) is 0 Å². The molecule has 0 saturated carbocycles. The maximum Gasteiger partial charge on any atom is 0.254 e. The molecule has 100 valence electrons. The lowest BCUT2D eigenvalue weighted by atomic mass is 10.1. The summed E-state index contributed by atoms with van der Waals surface area (Å²) in [7, 11) is 3.24. The van der Waals surface area contributed by atoms with Gasteiger partial charge in [0.05, 0.1) is 5.27 Å². The van der Waals surface area contributed by atoms with Crippen LogP contribution in [0.25, 0.3) is 0 Å². The molecule has 0 saturated heterocycles. The van der Waals surface area contributed by atoms with E-state index in [-0.39, 0.29) is 12.5 Å². The van der Waals surface area contributed by atoms with Crippen molar-refractivity contribution in [3.05, 3.63) is 41.1 Å². The van der Waals surface area contributed by atoms with E-state index in [0.29, 0.717) is 11.3 Å². The highest BCUT2D eigenvalue weighted by Gasteiger charge is 2.19. The fourth-order valence-corrected chi connectivity index (χ4v) is 1.79. The molecule has 0 aliphatic carbocycles. The van der Waals surface area contributed by atoms with Crippen molar-refractivity contribution in [2.45, 2.75) is 13.5 Å². The topological polar surface area (TPSA) is 73.3 Å². The zero-order valence-corrected chi connectivity index (χ0v) is 11.1. The maximum atomic E-state index is 12.2. The summed E-state index contributed by atoms with van der Waals surface area (Å²) in [5, 5.41) is 14.9. The van der Waals surface area contributed by atoms with Crippen LogP contribution in [-0.2, 0) is 13.6 Å². The number of hydrogen-bond acceptors (Lipinski definition) is 4. The Labute approximate surface area is 110 Å². The zero-order valence-electron chi connectivity index (χ0n) is 11.1. The Bertz CT molecular complexity index is 587. The summed E-state index contributed by atoms with van der Waals surface area (Å²) in [6.07, 6.45) is 0. The van der Waals surface area contributed by atoms with Gasteiger partial charge in [0.1, 0.15) is 6.54 Å². The third kappa shape index (κ3) is 2.73. The Balaban J connectivity index is 2.16. The van der Waals surface area contributed by atoms with Crippen molar-refractivity contribution in [1.82, 2.24) is 10.2 Å². The SMILES string of the molecule is Cc1cccc(C(=O)N(C)Cc2c([O-])on[n+]2C)c1. The van der Waals surface area contributed by atoms with Crippen LogP contribution >= 0.6 is 0 Å². The highest BCUT2D eigenvalue weighted by atomic mass is 16.6. The normalized spacial score (nSPS) is 10.5. The fraction of sp³-hybridized carbons (Fsp3) is 0.308. The molecule has 0 aliphatic heterocycles. The summed E-state index contributed by atoms with van der Waals surface area (Å²) in [6, 6.07) is 7.31. The molecule has 6 nitrogen and oxygen atoms in total. The Kier molecular flexibility index (Phi) is 3.50. The van der Waals surface area contributed by atoms with Crippen molar-refractivity contribution >= 4 is 5.91 Å². The summed E-state index contributed by atoms with van der Waals surface area (Å²) >= 11 is 0. The zero-order chi connectivity index (χ0) is 14.0. The number of rotatable bonds is 3. The van der Waals surface area contributed by atoms with E-state index >= 15 is 0 Å². The average molecular weight is 261 g/mol. The van der Waals surface area contributed by atoms with Gasteiger partial charge in [-0.25, -0.2) is 0 Å². The van der Waals surface area contributed by atoms with Crippen LogP contribution in [0.15, 0.2) is 28.8 Å². The van der Waals surface area contributed by atoms with Gasteiger partial charge in [0.25, 0.3) is 11.6 Å². The third-order valence-electron chi connectivity index (χ3n) is 2.87. The monoisotopic (exact) mass is 261 g/mol. The van der Waals surface area contributed by atoms with Crippen molar-refractivity contribution in [3.8, 4) is 5.95 Å². The van der Waals surface area contributed by atoms with Crippen molar-refractivity contribution < 1.29 is 19.1 Å². The Morgan fingerprint density at radius 3 is 2.84 bits per heavy atom. The Morgan fingerprint density at radius 2 is 2.26 bits per heavy atom. The van der Waals surface area contributed by atoms with Crippen molar-refractivity contribution in [2.75, 3.05) is 7.05 Å². The van der Waals surface area contributed by atoms with Crippen molar-refractivity contribution in [1.29, 1.82) is 0 Å². The van der Waals surface area contributed by atoms with Crippen LogP contribution < -0.4 is 9.79 Å². The van der Waals surface area contributed by atoms with E-state index in [1.54, 1.807) is 20.2 Å². The largest absolute Gasteiger partial charge is 0.539 e. The molecule has 0 N–H and O–H groups in total. The van der Waals surface area contributed by atoms with Gasteiger partial charge in [0, 0.05) is 12.6 Å². The Hall–Kier alpha value is -2.37. The number of carbonyl (C=O) groups is 1. The van der Waals surface area contributed by atoms with Crippen LogP contribution in [0.5, 0.6) is 5.95 Å². The number of aromatic nitrogens is 2. The van der Waals surface area contributed by atoms with Gasteiger partial charge in [0.15, 0.2) is 13.0 Å². The van der Waals surface area contributed by atoms with Gasteiger partial charge in [0.2, 0.25) is 0 Å². The molecule has 6 heteroatoms. The Morgan fingerprint density at radius 1 is 1.53 bits per heavy atom. The van der Waals surface area contributed by atoms with Crippen LogP contribution in [0.3, 0.4) is 0 Å². The number of carbonyl (C=O) groups excluding carboxylic acids is 1. The quantitative estimate of drug-likeness (QED) is 0.737. The highest BCUT2D eigenvalue weighted by molar-refractivity contribution is 5.94. The molecule has 1 heterocycles. The van der Waals surface area contributed by atoms with Gasteiger partial charge in [-0.3, -0.25) is 4.79 Å². The standard InChI is InChI=1S/C13H15N3O3/c1-9-5-4-6-10(7-9)12(17)15(2)8-11-13(18)19-14-16(11)3/h4-7H,8H2,1-3H3. The van der Waals surface area contributed by atoms with Gasteiger partial charge < -0.3 is 14.5 Å². The molecule has 1 amide bonds. The molecule has 1 aromatic carbocycles. The number of nitrogens with zero attached hydrogens (tertiary/aromatic N) is 3. The van der Waals surface area contributed by atoms with Crippen molar-refractivity contribution in [3.63, 3.8) is 0 Å². The molecular formula is C13H15N3O3. The lowest BCUT2D eigenvalue weighted by Gasteiger charge is -2.15. The molecule has 0 radical (unpaired) electrons. The number of aryl methyl sites for hydroxylation is 2. The lowest BCUT2D eigenvalue weighted by molar-refractivity contribution is -0.746. The number of amides is 1. The van der Waals surface area contributed by atoms with Crippen molar-refractivity contribution in [2.24, 2.45) is 7.05 Å². The molecular weight excluding hydrogens is 246 g/mol. The molecule has 2 aromatic rings. The van der Waals surface area contributed by atoms with E-state index in [1.165, 1.54) is 9.58 Å². The minimum atomic E-state index is -0.522. The summed E-state index contributed by atoms with van der Waals surface area (Å²) in [5.74, 6) is -0.671. The molecule has 0 bridgehead atoms. The van der Waals surface area contributed by atoms with E-state index in [4.69, 9.17) is 0 Å². The van der Waals surface area contributed by atoms with E-state index in [1.807, 2.05) is 25.1 Å². The van der Waals surface area contributed by atoms with E-state index in [9.17, 15) is 9.90 Å². The third-order valence-corrected chi connectivity index (χ3v) is 2.87. The van der Waals surface area contributed by atoms with E-state index in [0.717, 1.165) is 5.56 Å². The second-order valence-corrected chi connectivity index (χ2v) is 4.46. The van der Waals surface area contributed by atoms with Gasteiger partial charge in [-0.15, -0.1) is 0 Å². The van der Waals surface area contributed by atoms with Crippen LogP contribution in [0.4, 0.5) is 0 Å².